The van der Waals surface area contributed by atoms with Crippen molar-refractivity contribution in [3.05, 3.63) is 18.2 Å². The molecule has 25 heavy (non-hydrogen) atoms. The number of ether oxygens (including phenoxy) is 2. The summed E-state index contributed by atoms with van der Waals surface area (Å²) >= 11 is 0. The van der Waals surface area contributed by atoms with Crippen LogP contribution in [-0.4, -0.2) is 31.7 Å². The van der Waals surface area contributed by atoms with E-state index in [1.54, 1.807) is 25.1 Å². The molecule has 0 heterocycles. The van der Waals surface area contributed by atoms with Crippen LogP contribution in [0, 0.1) is 16.2 Å². The van der Waals surface area contributed by atoms with Gasteiger partial charge in [0.05, 0.1) is 19.9 Å². The van der Waals surface area contributed by atoms with Crippen molar-refractivity contribution in [3.8, 4) is 11.5 Å². The molecule has 0 radical (unpaired) electrons. The summed E-state index contributed by atoms with van der Waals surface area (Å²) in [6.45, 7) is 5.48. The molecule has 3 rings (SSSR count). The molecular weight excluding hydrogens is 322 g/mol. The molecule has 2 unspecified atom stereocenters. The summed E-state index contributed by atoms with van der Waals surface area (Å²) in [6.07, 6.45) is 0.920. The molecule has 1 aromatic rings. The number of fused-ring (bicyclic) bond motifs is 2. The van der Waals surface area contributed by atoms with Crippen molar-refractivity contribution >= 4 is 23.2 Å². The smallest absolute Gasteiger partial charge is 0.239 e. The van der Waals surface area contributed by atoms with Crippen LogP contribution in [0.2, 0.25) is 0 Å². The number of methoxy groups -OCH3 is 2. The van der Waals surface area contributed by atoms with E-state index in [2.05, 4.69) is 5.32 Å². The lowest BCUT2D eigenvalue weighted by molar-refractivity contribution is -0.147. The molecule has 134 valence electrons. The molecule has 0 saturated heterocycles. The van der Waals surface area contributed by atoms with Crippen molar-refractivity contribution in [2.45, 2.75) is 33.6 Å². The third-order valence-electron chi connectivity index (χ3n) is 6.59. The molecule has 2 bridgehead atoms. The molecule has 2 aliphatic rings. The summed E-state index contributed by atoms with van der Waals surface area (Å²) < 4.78 is 10.5. The molecule has 1 N–H and O–H groups in total. The second-order valence-electron chi connectivity index (χ2n) is 7.54. The zero-order valence-corrected chi connectivity index (χ0v) is 15.2. The Kier molecular flexibility index (Phi) is 3.71. The first kappa shape index (κ1) is 17.5. The Hall–Kier alpha value is -2.37. The number of anilines is 1. The molecular formula is C19H23NO5. The van der Waals surface area contributed by atoms with E-state index in [1.165, 1.54) is 14.2 Å². The number of hydrogen-bond donors (Lipinski definition) is 1. The number of ketones is 2. The maximum Gasteiger partial charge on any atom is 0.239 e. The topological polar surface area (TPSA) is 81.7 Å². The van der Waals surface area contributed by atoms with Gasteiger partial charge in [-0.1, -0.05) is 20.8 Å². The highest BCUT2D eigenvalue weighted by molar-refractivity contribution is 6.49. The lowest BCUT2D eigenvalue weighted by Gasteiger charge is -2.37. The minimum atomic E-state index is -1.33. The quantitative estimate of drug-likeness (QED) is 0.670. The van der Waals surface area contributed by atoms with Crippen molar-refractivity contribution in [1.82, 2.24) is 0 Å². The fourth-order valence-corrected chi connectivity index (χ4v) is 4.40. The normalized spacial score (nSPS) is 29.6. The molecule has 1 aromatic carbocycles. The number of Topliss-reactive ketones (excluding diaryl/α,β-unsaturated/α-hetero) is 2. The van der Waals surface area contributed by atoms with Gasteiger partial charge in [0.2, 0.25) is 17.5 Å². The zero-order valence-electron chi connectivity index (χ0n) is 15.2. The molecule has 0 aliphatic heterocycles. The lowest BCUT2D eigenvalue weighted by atomic mass is 9.64. The Morgan fingerprint density at radius 2 is 1.72 bits per heavy atom. The summed E-state index contributed by atoms with van der Waals surface area (Å²) in [5, 5.41) is 2.80. The van der Waals surface area contributed by atoms with E-state index in [-0.39, 0.29) is 0 Å². The first-order valence-electron chi connectivity index (χ1n) is 8.28. The summed E-state index contributed by atoms with van der Waals surface area (Å²) in [5.74, 6) is -0.425. The first-order chi connectivity index (χ1) is 11.7. The third-order valence-corrected chi connectivity index (χ3v) is 6.59. The van der Waals surface area contributed by atoms with Crippen molar-refractivity contribution in [2.75, 3.05) is 19.5 Å². The summed E-state index contributed by atoms with van der Waals surface area (Å²) in [7, 11) is 3.03. The molecule has 2 atom stereocenters. The minimum absolute atomic E-state index is 0.380. The minimum Gasteiger partial charge on any atom is -0.497 e. The number of carbonyl (C=O) groups excluding carboxylic acids is 3. The van der Waals surface area contributed by atoms with Crippen LogP contribution in [0.4, 0.5) is 5.69 Å². The Morgan fingerprint density at radius 3 is 2.24 bits per heavy atom. The molecule has 1 amide bonds. The largest absolute Gasteiger partial charge is 0.497 e. The first-order valence-corrected chi connectivity index (χ1v) is 8.28. The van der Waals surface area contributed by atoms with Gasteiger partial charge in [0.15, 0.2) is 0 Å². The average molecular weight is 345 g/mol. The maximum absolute atomic E-state index is 13.2. The van der Waals surface area contributed by atoms with Crippen LogP contribution in [0.5, 0.6) is 11.5 Å². The van der Waals surface area contributed by atoms with Gasteiger partial charge in [-0.3, -0.25) is 14.4 Å². The molecule has 0 spiro atoms. The predicted molar refractivity (Wildman–Crippen MR) is 91.7 cm³/mol. The molecule has 6 heteroatoms. The number of nitrogens with one attached hydrogen (secondary N) is 1. The van der Waals surface area contributed by atoms with Gasteiger partial charge in [-0.2, -0.15) is 0 Å². The molecule has 2 fully saturated rings. The second kappa shape index (κ2) is 5.31. The number of hydrogen-bond acceptors (Lipinski definition) is 5. The van der Waals surface area contributed by atoms with Gasteiger partial charge < -0.3 is 14.8 Å². The fraction of sp³-hybridized carbons (Fsp3) is 0.526. The Morgan fingerprint density at radius 1 is 1.04 bits per heavy atom. The predicted octanol–water partition coefficient (Wildman–Crippen LogP) is 2.61. The Balaban J connectivity index is 2.00. The van der Waals surface area contributed by atoms with Crippen molar-refractivity contribution in [2.24, 2.45) is 16.2 Å². The zero-order chi connectivity index (χ0) is 18.6. The number of rotatable bonds is 4. The monoisotopic (exact) mass is 345 g/mol. The van der Waals surface area contributed by atoms with Gasteiger partial charge >= 0.3 is 0 Å². The van der Waals surface area contributed by atoms with Gasteiger partial charge in [0, 0.05) is 11.5 Å². The number of amides is 1. The summed E-state index contributed by atoms with van der Waals surface area (Å²) in [6, 6.07) is 5.01. The molecule has 2 saturated carbocycles. The van der Waals surface area contributed by atoms with E-state index in [4.69, 9.17) is 9.47 Å². The van der Waals surface area contributed by atoms with E-state index in [0.717, 1.165) is 0 Å². The lowest BCUT2D eigenvalue weighted by Crippen LogP contribution is -2.47. The molecule has 0 aromatic heterocycles. The van der Waals surface area contributed by atoms with Crippen LogP contribution < -0.4 is 14.8 Å². The highest BCUT2D eigenvalue weighted by atomic mass is 16.5. The van der Waals surface area contributed by atoms with Gasteiger partial charge in [0.1, 0.15) is 16.9 Å². The van der Waals surface area contributed by atoms with Crippen LogP contribution in [-0.2, 0) is 14.4 Å². The fourth-order valence-electron chi connectivity index (χ4n) is 4.40. The van der Waals surface area contributed by atoms with E-state index >= 15 is 0 Å². The van der Waals surface area contributed by atoms with Crippen LogP contribution in [0.15, 0.2) is 18.2 Å². The molecule has 2 aliphatic carbocycles. The Labute approximate surface area is 146 Å². The average Bonchev–Trinajstić information content (AvgIpc) is 2.87. The highest BCUT2D eigenvalue weighted by Gasteiger charge is 2.77. The molecule has 6 nitrogen and oxygen atoms in total. The van der Waals surface area contributed by atoms with Crippen LogP contribution in [0.25, 0.3) is 0 Å². The standard InChI is InChI=1S/C19H23NO5/c1-17(2)18(3)8-9-19(17,15(22)14(18)21)16(23)20-12-7-6-11(24-4)10-13(12)25-5/h6-7,10H,8-9H2,1-5H3,(H,20,23). The van der Waals surface area contributed by atoms with Crippen molar-refractivity contribution in [1.29, 1.82) is 0 Å². The van der Waals surface area contributed by atoms with E-state index in [9.17, 15) is 14.4 Å². The summed E-state index contributed by atoms with van der Waals surface area (Å²) in [4.78, 5) is 38.4. The van der Waals surface area contributed by atoms with Crippen LogP contribution >= 0.6 is 0 Å². The van der Waals surface area contributed by atoms with Crippen molar-refractivity contribution < 1.29 is 23.9 Å². The highest BCUT2D eigenvalue weighted by Crippen LogP contribution is 2.69. The number of carbonyl (C=O) groups is 3. The van der Waals surface area contributed by atoms with Gasteiger partial charge in [-0.05, 0) is 30.4 Å². The van der Waals surface area contributed by atoms with Crippen LogP contribution in [0.1, 0.15) is 33.6 Å². The Bertz CT molecular complexity index is 784. The van der Waals surface area contributed by atoms with Gasteiger partial charge in [-0.15, -0.1) is 0 Å². The van der Waals surface area contributed by atoms with Gasteiger partial charge in [-0.25, -0.2) is 0 Å². The maximum atomic E-state index is 13.2. The van der Waals surface area contributed by atoms with Crippen molar-refractivity contribution in [3.63, 3.8) is 0 Å². The van der Waals surface area contributed by atoms with Crippen LogP contribution in [0.3, 0.4) is 0 Å². The number of benzene rings is 1. The van der Waals surface area contributed by atoms with E-state index in [1.807, 2.05) is 13.8 Å². The SMILES string of the molecule is COc1ccc(NC(=O)C23CCC(C)(C(=O)C2=O)C3(C)C)c(OC)c1. The summed E-state index contributed by atoms with van der Waals surface area (Å²) in [5.41, 5.74) is -2.41. The van der Waals surface area contributed by atoms with E-state index < -0.39 is 33.7 Å². The second-order valence-corrected chi connectivity index (χ2v) is 7.54. The third kappa shape index (κ3) is 1.94. The van der Waals surface area contributed by atoms with E-state index in [0.29, 0.717) is 30.0 Å². The van der Waals surface area contributed by atoms with Gasteiger partial charge in [0.25, 0.3) is 0 Å².